The fourth-order valence-electron chi connectivity index (χ4n) is 2.29. The summed E-state index contributed by atoms with van der Waals surface area (Å²) in [7, 11) is 1.35. The molecule has 0 saturated carbocycles. The predicted molar refractivity (Wildman–Crippen MR) is 92.6 cm³/mol. The lowest BCUT2D eigenvalue weighted by molar-refractivity contribution is -0.122. The lowest BCUT2D eigenvalue weighted by Crippen LogP contribution is -2.35. The number of amides is 1. The van der Waals surface area contributed by atoms with Crippen molar-refractivity contribution in [1.82, 2.24) is 5.32 Å². The van der Waals surface area contributed by atoms with Crippen LogP contribution < -0.4 is 11.1 Å². The van der Waals surface area contributed by atoms with Gasteiger partial charge in [-0.1, -0.05) is 42.0 Å². The maximum atomic E-state index is 12.1. The Hall–Kier alpha value is -2.66. The minimum absolute atomic E-state index is 0.204. The van der Waals surface area contributed by atoms with Crippen molar-refractivity contribution < 1.29 is 14.3 Å². The van der Waals surface area contributed by atoms with E-state index in [0.29, 0.717) is 18.5 Å². The zero-order chi connectivity index (χ0) is 17.5. The summed E-state index contributed by atoms with van der Waals surface area (Å²) in [6.45, 7) is 2.47. The number of carbonyl (C=O) groups is 2. The molecule has 1 unspecified atom stereocenters. The van der Waals surface area contributed by atoms with Gasteiger partial charge < -0.3 is 15.8 Å². The Morgan fingerprint density at radius 2 is 1.71 bits per heavy atom. The number of carbonyl (C=O) groups excluding carboxylic acids is 2. The number of hydrogen-bond acceptors (Lipinski definition) is 4. The van der Waals surface area contributed by atoms with Gasteiger partial charge in [-0.2, -0.15) is 0 Å². The van der Waals surface area contributed by atoms with E-state index in [1.54, 1.807) is 12.1 Å². The standard InChI is InChI=1S/C19H22N2O3/c1-13-3-7-15(8-4-13)17(20)18(22)21-12-11-14-5-9-16(10-6-14)19(23)24-2/h3-10,17H,11-12,20H2,1-2H3,(H,21,22). The summed E-state index contributed by atoms with van der Waals surface area (Å²) in [5.41, 5.74) is 9.42. The molecule has 0 aliphatic heterocycles. The molecule has 0 radical (unpaired) electrons. The maximum absolute atomic E-state index is 12.1. The lowest BCUT2D eigenvalue weighted by atomic mass is 10.1. The van der Waals surface area contributed by atoms with Crippen molar-refractivity contribution in [3.05, 3.63) is 70.8 Å². The third kappa shape index (κ3) is 4.67. The highest BCUT2D eigenvalue weighted by molar-refractivity contribution is 5.89. The normalized spacial score (nSPS) is 11.6. The average Bonchev–Trinajstić information content (AvgIpc) is 2.61. The maximum Gasteiger partial charge on any atom is 0.337 e. The number of nitrogens with two attached hydrogens (primary N) is 1. The second kappa shape index (κ2) is 8.26. The minimum atomic E-state index is -0.674. The molecule has 24 heavy (non-hydrogen) atoms. The van der Waals surface area contributed by atoms with Gasteiger partial charge in [0.25, 0.3) is 0 Å². The van der Waals surface area contributed by atoms with Gasteiger partial charge >= 0.3 is 5.97 Å². The molecule has 0 aromatic heterocycles. The molecule has 0 bridgehead atoms. The van der Waals surface area contributed by atoms with Crippen LogP contribution in [0.25, 0.3) is 0 Å². The molecular weight excluding hydrogens is 304 g/mol. The van der Waals surface area contributed by atoms with E-state index in [1.165, 1.54) is 7.11 Å². The van der Waals surface area contributed by atoms with Crippen LogP contribution in [0, 0.1) is 6.92 Å². The summed E-state index contributed by atoms with van der Waals surface area (Å²) in [6, 6.07) is 14.0. The van der Waals surface area contributed by atoms with Crippen molar-refractivity contribution in [2.75, 3.05) is 13.7 Å². The molecule has 5 nitrogen and oxygen atoms in total. The lowest BCUT2D eigenvalue weighted by Gasteiger charge is -2.13. The van der Waals surface area contributed by atoms with Crippen LogP contribution in [0.15, 0.2) is 48.5 Å². The van der Waals surface area contributed by atoms with Crippen LogP contribution in [0.4, 0.5) is 0 Å². The third-order valence-electron chi connectivity index (χ3n) is 3.81. The van der Waals surface area contributed by atoms with E-state index in [4.69, 9.17) is 5.73 Å². The number of aryl methyl sites for hydroxylation is 1. The van der Waals surface area contributed by atoms with Gasteiger partial charge in [0, 0.05) is 6.54 Å². The summed E-state index contributed by atoms with van der Waals surface area (Å²) in [6.07, 6.45) is 0.661. The van der Waals surface area contributed by atoms with Crippen molar-refractivity contribution >= 4 is 11.9 Å². The van der Waals surface area contributed by atoms with Crippen LogP contribution in [-0.4, -0.2) is 25.5 Å². The monoisotopic (exact) mass is 326 g/mol. The first-order valence-electron chi connectivity index (χ1n) is 7.78. The summed E-state index contributed by atoms with van der Waals surface area (Å²) in [5, 5.41) is 2.84. The molecule has 0 spiro atoms. The van der Waals surface area contributed by atoms with Crippen LogP contribution in [0.3, 0.4) is 0 Å². The first-order chi connectivity index (χ1) is 11.5. The van der Waals surface area contributed by atoms with E-state index >= 15 is 0 Å². The molecule has 2 aromatic carbocycles. The van der Waals surface area contributed by atoms with Crippen molar-refractivity contribution in [3.8, 4) is 0 Å². The van der Waals surface area contributed by atoms with Gasteiger partial charge in [0.1, 0.15) is 6.04 Å². The molecule has 0 heterocycles. The zero-order valence-electron chi connectivity index (χ0n) is 13.9. The second-order valence-electron chi connectivity index (χ2n) is 5.62. The van der Waals surface area contributed by atoms with E-state index in [2.05, 4.69) is 10.1 Å². The quantitative estimate of drug-likeness (QED) is 0.797. The van der Waals surface area contributed by atoms with Gasteiger partial charge in [0.15, 0.2) is 0 Å². The Balaban J connectivity index is 1.83. The fraction of sp³-hybridized carbons (Fsp3) is 0.263. The molecule has 0 saturated heterocycles. The van der Waals surface area contributed by atoms with Crippen LogP contribution in [0.2, 0.25) is 0 Å². The molecule has 5 heteroatoms. The summed E-state index contributed by atoms with van der Waals surface area (Å²) in [5.74, 6) is -0.566. The second-order valence-corrected chi connectivity index (χ2v) is 5.62. The van der Waals surface area contributed by atoms with E-state index < -0.39 is 6.04 Å². The van der Waals surface area contributed by atoms with Gasteiger partial charge in [-0.05, 0) is 36.6 Å². The van der Waals surface area contributed by atoms with Crippen molar-refractivity contribution in [1.29, 1.82) is 0 Å². The Morgan fingerprint density at radius 3 is 2.29 bits per heavy atom. The van der Waals surface area contributed by atoms with Crippen LogP contribution in [0.5, 0.6) is 0 Å². The van der Waals surface area contributed by atoms with E-state index in [-0.39, 0.29) is 11.9 Å². The largest absolute Gasteiger partial charge is 0.465 e. The highest BCUT2D eigenvalue weighted by Crippen LogP contribution is 2.11. The van der Waals surface area contributed by atoms with Gasteiger partial charge in [0.2, 0.25) is 5.91 Å². The number of benzene rings is 2. The SMILES string of the molecule is COC(=O)c1ccc(CCNC(=O)C(N)c2ccc(C)cc2)cc1. The van der Waals surface area contributed by atoms with Gasteiger partial charge in [0.05, 0.1) is 12.7 Å². The molecule has 2 aromatic rings. The molecule has 3 N–H and O–H groups in total. The smallest absolute Gasteiger partial charge is 0.337 e. The van der Waals surface area contributed by atoms with Crippen LogP contribution in [0.1, 0.15) is 33.1 Å². The average molecular weight is 326 g/mol. The topological polar surface area (TPSA) is 81.4 Å². The molecule has 1 amide bonds. The van der Waals surface area contributed by atoms with E-state index in [9.17, 15) is 9.59 Å². The highest BCUT2D eigenvalue weighted by atomic mass is 16.5. The van der Waals surface area contributed by atoms with Gasteiger partial charge in [-0.15, -0.1) is 0 Å². The molecular formula is C19H22N2O3. The van der Waals surface area contributed by atoms with Crippen LogP contribution in [-0.2, 0) is 16.0 Å². The number of methoxy groups -OCH3 is 1. The molecule has 2 rings (SSSR count). The number of nitrogens with one attached hydrogen (secondary N) is 1. The van der Waals surface area contributed by atoms with Crippen molar-refractivity contribution in [2.45, 2.75) is 19.4 Å². The number of rotatable bonds is 6. The van der Waals surface area contributed by atoms with E-state index in [0.717, 1.165) is 16.7 Å². The van der Waals surface area contributed by atoms with Crippen molar-refractivity contribution in [3.63, 3.8) is 0 Å². The molecule has 0 fully saturated rings. The number of hydrogen-bond donors (Lipinski definition) is 2. The predicted octanol–water partition coefficient (Wildman–Crippen LogP) is 2.14. The molecule has 0 aliphatic carbocycles. The summed E-state index contributed by atoms with van der Waals surface area (Å²) >= 11 is 0. The van der Waals surface area contributed by atoms with Crippen LogP contribution >= 0.6 is 0 Å². The van der Waals surface area contributed by atoms with E-state index in [1.807, 2.05) is 43.3 Å². The minimum Gasteiger partial charge on any atom is -0.465 e. The Morgan fingerprint density at radius 1 is 1.08 bits per heavy atom. The van der Waals surface area contributed by atoms with Gasteiger partial charge in [-0.3, -0.25) is 4.79 Å². The first kappa shape index (κ1) is 17.7. The summed E-state index contributed by atoms with van der Waals surface area (Å²) < 4.78 is 4.65. The molecule has 0 aliphatic rings. The first-order valence-corrected chi connectivity index (χ1v) is 7.78. The summed E-state index contributed by atoms with van der Waals surface area (Å²) in [4.78, 5) is 23.5. The fourth-order valence-corrected chi connectivity index (χ4v) is 2.29. The zero-order valence-corrected chi connectivity index (χ0v) is 13.9. The highest BCUT2D eigenvalue weighted by Gasteiger charge is 2.14. The van der Waals surface area contributed by atoms with Crippen molar-refractivity contribution in [2.24, 2.45) is 5.73 Å². The van der Waals surface area contributed by atoms with Gasteiger partial charge in [-0.25, -0.2) is 4.79 Å². The number of ether oxygens (including phenoxy) is 1. The third-order valence-corrected chi connectivity index (χ3v) is 3.81. The molecule has 1 atom stereocenters. The Kier molecular flexibility index (Phi) is 6.09. The number of esters is 1. The Bertz CT molecular complexity index is 694. The Labute approximate surface area is 141 Å². The molecule has 126 valence electrons.